The highest BCUT2D eigenvalue weighted by molar-refractivity contribution is 9.10. The molecule has 131 heavy (non-hydrogen) atoms. The number of halogens is 18. The number of anilines is 1. The minimum Gasteiger partial charge on any atom is -0.361 e. The normalized spacial score (nSPS) is 20.5. The number of nitrogens with zero attached hydrogens (tertiary/aromatic N) is 11. The number of aromatic amines is 1. The zero-order chi connectivity index (χ0) is 97.6. The van der Waals surface area contributed by atoms with Crippen LogP contribution in [-0.2, 0) is 54.6 Å². The molecule has 0 radical (unpaired) electrons. The second kappa shape index (κ2) is 38.1. The van der Waals surface area contributed by atoms with E-state index in [1.807, 2.05) is 76.2 Å². The van der Waals surface area contributed by atoms with Crippen molar-refractivity contribution < 1.29 is 74.6 Å². The quantitative estimate of drug-likeness (QED) is 0.118. The fourth-order valence-electron chi connectivity index (χ4n) is 20.0. The van der Waals surface area contributed by atoms with E-state index in [0.717, 1.165) is 85.4 Å². The Bertz CT molecular complexity index is 5850. The van der Waals surface area contributed by atoms with Crippen LogP contribution in [0.4, 0.5) is 80.3 Å². The number of benzene rings is 4. The number of allylic oxidation sites excluding steroid dienone is 1. The Labute approximate surface area is 766 Å². The first-order valence-corrected chi connectivity index (χ1v) is 46.4. The first-order chi connectivity index (χ1) is 60.5. The van der Waals surface area contributed by atoms with E-state index in [4.69, 9.17) is 0 Å². The Balaban J connectivity index is 0.000000145. The zero-order valence-corrected chi connectivity index (χ0v) is 81.2. The van der Waals surface area contributed by atoms with E-state index >= 15 is 0 Å². The van der Waals surface area contributed by atoms with Crippen LogP contribution in [0.15, 0.2) is 108 Å². The lowest BCUT2D eigenvalue weighted by Gasteiger charge is -2.36. The lowest BCUT2D eigenvalue weighted by Crippen LogP contribution is -2.34. The summed E-state index contributed by atoms with van der Waals surface area (Å²) in [5.74, 6) is -1.09. The summed E-state index contributed by atoms with van der Waals surface area (Å²) < 4.78 is 231. The molecule has 0 saturated heterocycles. The van der Waals surface area contributed by atoms with Crippen LogP contribution >= 0.6 is 15.9 Å². The Morgan fingerprint density at radius 1 is 0.588 bits per heavy atom. The molecule has 31 heteroatoms. The molecule has 4 aromatic carbocycles. The van der Waals surface area contributed by atoms with Gasteiger partial charge in [0.1, 0.15) is 11.4 Å². The van der Waals surface area contributed by atoms with Gasteiger partial charge in [0.15, 0.2) is 22.8 Å². The summed E-state index contributed by atoms with van der Waals surface area (Å²) in [6, 6.07) is 25.4. The number of aryl methyl sites for hydroxylation is 2. The monoisotopic (exact) mass is 1910 g/mol. The minimum atomic E-state index is -4.40. The summed E-state index contributed by atoms with van der Waals surface area (Å²) in [4.78, 5) is 2.98. The molecule has 3 fully saturated rings. The molecule has 7 atom stereocenters. The van der Waals surface area contributed by atoms with Gasteiger partial charge in [-0.2, -0.15) is 87.0 Å². The fourth-order valence-corrected chi connectivity index (χ4v) is 20.7. The number of H-pyrrole nitrogens is 1. The SMILES string of the molecule is C=C1Nc2cc(C)cc(C)c2C1C(C)C.CC(C)c1c[nH]c2ccc(C(F)(F)F)cc12.CC(C)n1ccc2ccc3ccccc3c21.CC(C)n1nc(C(C)(F)F)cc1C1CC1.CC(C)n1nc(C(F)(F)F)c2c1C1(C)CCC2C1(C)C.CC(C)n1nc(C(F)F)c2c1C(C)(F)C1CC21.CC1CCCc2c(C(F)(F)F)nn(C(C)C)c21.CCc1c(Br)c(C(F)(F)F)nn1C(C)C. The standard InChI is InChI=1S/C15H21F3N2.C15H15N.C14H19N.C12H15F3N2.C12H17F3N2.C12H12F3N.C11H16F2N2.C9H12BrF3N2/c1-8(2)20-12-10(11(19-20)15(16,17)18)9-6-7-14(12,5)13(9,3)4;1-11(2)16-10-9-13-8-7-12-5-3-4-6-14(12)15(13)16;1-8(2)13-11(5)15-12-7-9(3)6-10(4)14(12)13;1-5(2)17-10-8(9(16-17)11(13)14)6-4-7(6)12(10,3)15;1-7(2)17-10-8(3)5-4-6-9(10)11(16-17)12(13,14)15;1-7(2)10-6-16-11-4-3-8(5-9(10)11)12(13,14)15;1-7(2)15-9(8-4-5-8)6-10(14-15)11(3,12)13;1-4-6-7(10)8(9(11,12)13)14-15(6)5(2)3/h8-9H,6-7H2,1-5H3;3-11H,1-2H3;6-8,13,15H,5H2,1-4H3;5-7,11H,4H2,1-3H3;7-8H,4-6H2,1-3H3;3-7,16H,1-2H3;6-8H,4-5H2,1-3H3;5H,4H2,1-3H3. The molecule has 1 aliphatic heterocycles. The summed E-state index contributed by atoms with van der Waals surface area (Å²) in [5.41, 5.74) is 9.64. The molecular formula is C100H127BrF17N13. The van der Waals surface area contributed by atoms with Crippen LogP contribution in [0.1, 0.15) is 384 Å². The number of aromatic nitrogens is 12. The fraction of sp³-hybridized carbons (Fsp3) is 0.570. The predicted molar refractivity (Wildman–Crippen MR) is 489 cm³/mol. The summed E-state index contributed by atoms with van der Waals surface area (Å²) >= 11 is 2.96. The molecule has 718 valence electrons. The highest BCUT2D eigenvalue weighted by Gasteiger charge is 2.66. The average Bonchev–Trinajstić information content (AvgIpc) is 1.47. The first kappa shape index (κ1) is 103. The van der Waals surface area contributed by atoms with Gasteiger partial charge in [-0.15, -0.1) is 0 Å². The zero-order valence-electron chi connectivity index (χ0n) is 79.6. The predicted octanol–water partition coefficient (Wildman–Crippen LogP) is 32.2. The number of alkyl halides is 17. The molecule has 13 nitrogen and oxygen atoms in total. The maximum atomic E-state index is 14.6. The molecular weight excluding hydrogens is 1790 g/mol. The molecule has 2 bridgehead atoms. The minimum absolute atomic E-state index is 0.0216. The van der Waals surface area contributed by atoms with Crippen molar-refractivity contribution in [2.24, 2.45) is 17.3 Å². The molecule has 6 aliphatic carbocycles. The third-order valence-electron chi connectivity index (χ3n) is 26.9. The lowest BCUT2D eigenvalue weighted by molar-refractivity contribution is -0.143. The molecule has 11 aromatic rings. The van der Waals surface area contributed by atoms with E-state index in [1.165, 1.54) is 72.5 Å². The second-order valence-corrected chi connectivity index (χ2v) is 40.4. The number of nitrogens with one attached hydrogen (secondary N) is 2. The van der Waals surface area contributed by atoms with Crippen molar-refractivity contribution in [1.29, 1.82) is 0 Å². The van der Waals surface area contributed by atoms with Gasteiger partial charge >= 0.3 is 24.7 Å². The van der Waals surface area contributed by atoms with Gasteiger partial charge in [0.25, 0.3) is 12.3 Å². The van der Waals surface area contributed by atoms with Crippen LogP contribution < -0.4 is 5.32 Å². The lowest BCUT2D eigenvalue weighted by atomic mass is 9.70. The molecule has 18 rings (SSSR count). The van der Waals surface area contributed by atoms with Gasteiger partial charge in [-0.3, -0.25) is 23.4 Å². The summed E-state index contributed by atoms with van der Waals surface area (Å²) in [7, 11) is 0. The van der Waals surface area contributed by atoms with Crippen LogP contribution in [-0.4, -0.2) is 58.5 Å². The Morgan fingerprint density at radius 3 is 1.69 bits per heavy atom. The number of rotatable bonds is 12. The maximum Gasteiger partial charge on any atom is 0.436 e. The smallest absolute Gasteiger partial charge is 0.361 e. The third kappa shape index (κ3) is 20.7. The number of hydrogen-bond donors (Lipinski definition) is 2. The molecule has 0 amide bonds. The Hall–Kier alpha value is -8.90. The van der Waals surface area contributed by atoms with E-state index in [9.17, 15) is 74.6 Å². The van der Waals surface area contributed by atoms with Crippen LogP contribution in [0, 0.1) is 31.1 Å². The van der Waals surface area contributed by atoms with Crippen LogP contribution in [0.25, 0.3) is 32.6 Å². The van der Waals surface area contributed by atoms with Gasteiger partial charge in [-0.05, 0) is 277 Å². The molecule has 3 saturated carbocycles. The topological polar surface area (TPSA) is 122 Å². The number of fused-ring (bicyclic) bond motifs is 14. The van der Waals surface area contributed by atoms with E-state index in [1.54, 1.807) is 47.1 Å². The number of hydrogen-bond acceptors (Lipinski definition) is 6. The van der Waals surface area contributed by atoms with Crippen molar-refractivity contribution >= 4 is 54.2 Å². The van der Waals surface area contributed by atoms with Gasteiger partial charge in [0.2, 0.25) is 0 Å². The van der Waals surface area contributed by atoms with Crippen molar-refractivity contribution in [1.82, 2.24) is 58.5 Å². The average molecular weight is 1910 g/mol. The van der Waals surface area contributed by atoms with Gasteiger partial charge in [0, 0.05) is 146 Å². The van der Waals surface area contributed by atoms with E-state index in [0.29, 0.717) is 76.5 Å². The van der Waals surface area contributed by atoms with Gasteiger partial charge in [0.05, 0.1) is 26.9 Å². The van der Waals surface area contributed by atoms with Crippen molar-refractivity contribution in [2.45, 2.75) is 351 Å². The van der Waals surface area contributed by atoms with Crippen molar-refractivity contribution in [3.05, 3.63) is 209 Å². The summed E-state index contributed by atoms with van der Waals surface area (Å²) in [6.07, 6.45) is -8.56. The third-order valence-corrected chi connectivity index (χ3v) is 27.7. The van der Waals surface area contributed by atoms with Gasteiger partial charge in [-0.1, -0.05) is 111 Å². The van der Waals surface area contributed by atoms with Crippen molar-refractivity contribution in [2.75, 3.05) is 5.32 Å². The molecule has 7 aliphatic rings. The highest BCUT2D eigenvalue weighted by atomic mass is 79.9. The van der Waals surface area contributed by atoms with E-state index < -0.39 is 65.4 Å². The van der Waals surface area contributed by atoms with Crippen molar-refractivity contribution in [3.63, 3.8) is 0 Å². The molecule has 7 aromatic heterocycles. The van der Waals surface area contributed by atoms with E-state index in [2.05, 4.69) is 186 Å². The molecule has 0 spiro atoms. The van der Waals surface area contributed by atoms with Crippen molar-refractivity contribution in [3.8, 4) is 0 Å². The maximum absolute atomic E-state index is 14.6. The van der Waals surface area contributed by atoms with Crippen LogP contribution in [0.2, 0.25) is 0 Å². The van der Waals surface area contributed by atoms with E-state index in [-0.39, 0.29) is 86.5 Å². The molecule has 2 N–H and O–H groups in total. The molecule has 8 heterocycles. The van der Waals surface area contributed by atoms with Crippen LogP contribution in [0.3, 0.4) is 0 Å². The summed E-state index contributed by atoms with van der Waals surface area (Å²) in [5, 5.41) is 27.3. The van der Waals surface area contributed by atoms with Gasteiger partial charge < -0.3 is 14.9 Å². The largest absolute Gasteiger partial charge is 0.436 e. The van der Waals surface area contributed by atoms with Crippen LogP contribution in [0.5, 0.6) is 0 Å². The first-order valence-electron chi connectivity index (χ1n) is 45.6. The highest BCUT2D eigenvalue weighted by Crippen LogP contribution is 2.70. The summed E-state index contributed by atoms with van der Waals surface area (Å²) in [6.45, 7) is 52.6. The second-order valence-electron chi connectivity index (χ2n) is 39.6. The van der Waals surface area contributed by atoms with Gasteiger partial charge in [-0.25, -0.2) is 13.2 Å². The Kier molecular flexibility index (Phi) is 29.8. The Morgan fingerprint density at radius 2 is 1.16 bits per heavy atom. The molecule has 7 unspecified atom stereocenters.